The Morgan fingerprint density at radius 3 is 2.09 bits per heavy atom. The zero-order chi connectivity index (χ0) is 15.8. The van der Waals surface area contributed by atoms with Crippen LogP contribution in [0.2, 0.25) is 0 Å². The SMILES string of the molecule is C/C=C(\CN/C(=C/[N+](=O)[O-])c1ccccc1)c1ccccc1. The van der Waals surface area contributed by atoms with Gasteiger partial charge < -0.3 is 5.32 Å². The highest BCUT2D eigenvalue weighted by atomic mass is 16.6. The fourth-order valence-corrected chi connectivity index (χ4v) is 2.16. The molecule has 2 aromatic carbocycles. The van der Waals surface area contributed by atoms with Gasteiger partial charge in [0.15, 0.2) is 0 Å². The first-order valence-corrected chi connectivity index (χ1v) is 7.06. The van der Waals surface area contributed by atoms with Crippen LogP contribution in [0.1, 0.15) is 18.1 Å². The van der Waals surface area contributed by atoms with Crippen LogP contribution in [0.5, 0.6) is 0 Å². The van der Waals surface area contributed by atoms with Gasteiger partial charge in [0.25, 0.3) is 6.20 Å². The van der Waals surface area contributed by atoms with Gasteiger partial charge in [0.2, 0.25) is 0 Å². The van der Waals surface area contributed by atoms with Crippen molar-refractivity contribution in [2.45, 2.75) is 6.92 Å². The zero-order valence-corrected chi connectivity index (χ0v) is 12.4. The van der Waals surface area contributed by atoms with Crippen LogP contribution in [0.25, 0.3) is 11.3 Å². The molecule has 1 N–H and O–H groups in total. The van der Waals surface area contributed by atoms with Crippen LogP contribution in [0.3, 0.4) is 0 Å². The lowest BCUT2D eigenvalue weighted by Crippen LogP contribution is -2.16. The molecule has 0 aliphatic carbocycles. The van der Waals surface area contributed by atoms with Gasteiger partial charge in [0.05, 0.1) is 4.92 Å². The topological polar surface area (TPSA) is 55.2 Å². The molecule has 22 heavy (non-hydrogen) atoms. The van der Waals surface area contributed by atoms with Crippen molar-refractivity contribution in [1.29, 1.82) is 0 Å². The third kappa shape index (κ3) is 4.31. The second-order valence-corrected chi connectivity index (χ2v) is 4.73. The van der Waals surface area contributed by atoms with Crippen molar-refractivity contribution in [2.24, 2.45) is 0 Å². The molecule has 0 radical (unpaired) electrons. The molecule has 4 heteroatoms. The van der Waals surface area contributed by atoms with E-state index in [2.05, 4.69) is 5.32 Å². The Bertz CT molecular complexity index is 677. The molecular formula is C18H18N2O2. The van der Waals surface area contributed by atoms with E-state index in [0.29, 0.717) is 12.2 Å². The van der Waals surface area contributed by atoms with Gasteiger partial charge in [0.1, 0.15) is 5.70 Å². The molecule has 0 aliphatic heterocycles. The maximum absolute atomic E-state index is 10.8. The van der Waals surface area contributed by atoms with Crippen molar-refractivity contribution in [3.8, 4) is 0 Å². The summed E-state index contributed by atoms with van der Waals surface area (Å²) in [7, 11) is 0. The number of hydrogen-bond donors (Lipinski definition) is 1. The first-order chi connectivity index (χ1) is 10.7. The highest BCUT2D eigenvalue weighted by Crippen LogP contribution is 2.16. The van der Waals surface area contributed by atoms with Crippen molar-refractivity contribution < 1.29 is 4.92 Å². The molecule has 112 valence electrons. The normalized spacial score (nSPS) is 12.0. The molecule has 0 fully saturated rings. The lowest BCUT2D eigenvalue weighted by molar-refractivity contribution is -0.401. The average Bonchev–Trinajstić information content (AvgIpc) is 2.56. The molecule has 0 amide bonds. The predicted octanol–water partition coefficient (Wildman–Crippen LogP) is 3.95. The number of rotatable bonds is 6. The summed E-state index contributed by atoms with van der Waals surface area (Å²) in [5, 5.41) is 14.0. The molecule has 0 aromatic heterocycles. The van der Waals surface area contributed by atoms with E-state index in [-0.39, 0.29) is 0 Å². The van der Waals surface area contributed by atoms with E-state index in [4.69, 9.17) is 0 Å². The van der Waals surface area contributed by atoms with Gasteiger partial charge in [-0.05, 0) is 18.1 Å². The number of nitrogens with one attached hydrogen (secondary N) is 1. The molecular weight excluding hydrogens is 276 g/mol. The first kappa shape index (κ1) is 15.5. The van der Waals surface area contributed by atoms with Crippen molar-refractivity contribution in [1.82, 2.24) is 5.32 Å². The number of benzene rings is 2. The molecule has 2 aromatic rings. The minimum atomic E-state index is -0.437. The monoisotopic (exact) mass is 294 g/mol. The van der Waals surface area contributed by atoms with Crippen molar-refractivity contribution in [3.05, 3.63) is 94.2 Å². The molecule has 0 aliphatic rings. The van der Waals surface area contributed by atoms with E-state index in [1.807, 2.05) is 73.7 Å². The summed E-state index contributed by atoms with van der Waals surface area (Å²) < 4.78 is 0. The Hall–Kier alpha value is -2.88. The van der Waals surface area contributed by atoms with Gasteiger partial charge in [-0.15, -0.1) is 0 Å². The second-order valence-electron chi connectivity index (χ2n) is 4.73. The number of hydrogen-bond acceptors (Lipinski definition) is 3. The first-order valence-electron chi connectivity index (χ1n) is 7.06. The average molecular weight is 294 g/mol. The Morgan fingerprint density at radius 1 is 1.05 bits per heavy atom. The van der Waals surface area contributed by atoms with Crippen LogP contribution in [-0.4, -0.2) is 11.5 Å². The van der Waals surface area contributed by atoms with E-state index in [1.54, 1.807) is 0 Å². The number of nitro groups is 1. The molecule has 0 unspecified atom stereocenters. The Labute approximate surface area is 130 Å². The third-order valence-corrected chi connectivity index (χ3v) is 3.28. The molecule has 0 heterocycles. The number of nitrogens with zero attached hydrogens (tertiary/aromatic N) is 1. The fourth-order valence-electron chi connectivity index (χ4n) is 2.16. The summed E-state index contributed by atoms with van der Waals surface area (Å²) in [5.74, 6) is 0. The standard InChI is InChI=1S/C18H18N2O2/c1-2-15(16-9-5-3-6-10-16)13-19-18(14-20(21)22)17-11-7-4-8-12-17/h2-12,14,19H,13H2,1H3/b15-2+,18-14+. The quantitative estimate of drug-likeness (QED) is 0.648. The van der Waals surface area contributed by atoms with Crippen LogP contribution in [0.4, 0.5) is 0 Å². The van der Waals surface area contributed by atoms with E-state index in [1.165, 1.54) is 0 Å². The van der Waals surface area contributed by atoms with E-state index < -0.39 is 4.92 Å². The van der Waals surface area contributed by atoms with Gasteiger partial charge >= 0.3 is 0 Å². The smallest absolute Gasteiger partial charge is 0.258 e. The van der Waals surface area contributed by atoms with Crippen molar-refractivity contribution in [2.75, 3.05) is 6.54 Å². The Balaban J connectivity index is 2.17. The summed E-state index contributed by atoms with van der Waals surface area (Å²) in [4.78, 5) is 10.4. The van der Waals surface area contributed by atoms with Crippen LogP contribution in [0, 0.1) is 10.1 Å². The zero-order valence-electron chi connectivity index (χ0n) is 12.4. The number of allylic oxidation sites excluding steroid dienone is 1. The Kier molecular flexibility index (Phi) is 5.49. The molecule has 0 bridgehead atoms. The van der Waals surface area contributed by atoms with E-state index in [0.717, 1.165) is 22.9 Å². The van der Waals surface area contributed by atoms with E-state index in [9.17, 15) is 10.1 Å². The van der Waals surface area contributed by atoms with Crippen LogP contribution < -0.4 is 5.32 Å². The van der Waals surface area contributed by atoms with Gasteiger partial charge in [-0.2, -0.15) is 0 Å². The summed E-state index contributed by atoms with van der Waals surface area (Å²) in [6.07, 6.45) is 3.02. The minimum Gasteiger partial charge on any atom is -0.375 e. The van der Waals surface area contributed by atoms with Gasteiger partial charge in [-0.1, -0.05) is 66.7 Å². The highest BCUT2D eigenvalue weighted by Gasteiger charge is 2.07. The van der Waals surface area contributed by atoms with Crippen molar-refractivity contribution >= 4 is 11.3 Å². The van der Waals surface area contributed by atoms with Gasteiger partial charge in [0, 0.05) is 12.1 Å². The van der Waals surface area contributed by atoms with Crippen LogP contribution in [0.15, 0.2) is 72.9 Å². The maximum Gasteiger partial charge on any atom is 0.258 e. The lowest BCUT2D eigenvalue weighted by Gasteiger charge is -2.12. The highest BCUT2D eigenvalue weighted by molar-refractivity contribution is 5.70. The molecule has 0 atom stereocenters. The van der Waals surface area contributed by atoms with Crippen LogP contribution in [-0.2, 0) is 0 Å². The summed E-state index contributed by atoms with van der Waals surface area (Å²) in [6, 6.07) is 19.3. The van der Waals surface area contributed by atoms with Gasteiger partial charge in [-0.25, -0.2) is 0 Å². The third-order valence-electron chi connectivity index (χ3n) is 3.28. The molecule has 0 saturated carbocycles. The van der Waals surface area contributed by atoms with E-state index >= 15 is 0 Å². The molecule has 0 saturated heterocycles. The van der Waals surface area contributed by atoms with Gasteiger partial charge in [-0.3, -0.25) is 10.1 Å². The molecule has 0 spiro atoms. The fraction of sp³-hybridized carbons (Fsp3) is 0.111. The predicted molar refractivity (Wildman–Crippen MR) is 89.5 cm³/mol. The minimum absolute atomic E-state index is 0.437. The van der Waals surface area contributed by atoms with Crippen molar-refractivity contribution in [3.63, 3.8) is 0 Å². The second kappa shape index (κ2) is 7.78. The van der Waals surface area contributed by atoms with Crippen LogP contribution >= 0.6 is 0 Å². The largest absolute Gasteiger partial charge is 0.375 e. The lowest BCUT2D eigenvalue weighted by atomic mass is 10.1. The summed E-state index contributed by atoms with van der Waals surface area (Å²) >= 11 is 0. The maximum atomic E-state index is 10.8. The Morgan fingerprint density at radius 2 is 1.59 bits per heavy atom. The molecule has 2 rings (SSSR count). The summed E-state index contributed by atoms with van der Waals surface area (Å²) in [5.41, 5.74) is 3.49. The summed E-state index contributed by atoms with van der Waals surface area (Å²) in [6.45, 7) is 2.48. The molecule has 4 nitrogen and oxygen atoms in total.